The van der Waals surface area contributed by atoms with E-state index < -0.39 is 0 Å². The fraction of sp³-hybridized carbons (Fsp3) is 0.526. The van der Waals surface area contributed by atoms with E-state index in [4.69, 9.17) is 0 Å². The van der Waals surface area contributed by atoms with E-state index >= 15 is 0 Å². The molecule has 2 heterocycles. The molecule has 1 aromatic rings. The Kier molecular flexibility index (Phi) is 6.84. The van der Waals surface area contributed by atoms with Gasteiger partial charge in [-0.05, 0) is 37.1 Å². The molecule has 3 rings (SSSR count). The molecule has 8 heteroatoms. The van der Waals surface area contributed by atoms with Crippen LogP contribution in [0.25, 0.3) is 0 Å². The monoisotopic (exact) mass is 436 g/mol. The predicted molar refractivity (Wildman–Crippen MR) is 105 cm³/mol. The third kappa shape index (κ3) is 5.52. The Bertz CT molecular complexity index is 681. The average molecular weight is 437 g/mol. The molecule has 1 aromatic carbocycles. The van der Waals surface area contributed by atoms with Crippen molar-refractivity contribution in [1.29, 1.82) is 0 Å². The van der Waals surface area contributed by atoms with E-state index in [2.05, 4.69) is 26.1 Å². The summed E-state index contributed by atoms with van der Waals surface area (Å²) in [5.74, 6) is -0.161. The highest BCUT2D eigenvalue weighted by Gasteiger charge is 2.25. The molecule has 2 fully saturated rings. The minimum Gasteiger partial charge on any atom is -0.343 e. The van der Waals surface area contributed by atoms with Gasteiger partial charge < -0.3 is 15.1 Å². The van der Waals surface area contributed by atoms with Gasteiger partial charge in [-0.2, -0.15) is 0 Å². The Labute approximate surface area is 167 Å². The fourth-order valence-electron chi connectivity index (χ4n) is 3.38. The largest absolute Gasteiger partial charge is 0.343 e. The number of piperazine rings is 1. The fourth-order valence-corrected chi connectivity index (χ4v) is 3.65. The molecular weight excluding hydrogens is 412 g/mol. The van der Waals surface area contributed by atoms with Crippen LogP contribution in [0.4, 0.5) is 0 Å². The predicted octanol–water partition coefficient (Wildman–Crippen LogP) is 0.946. The summed E-state index contributed by atoms with van der Waals surface area (Å²) in [4.78, 5) is 42.4. The number of hydrogen-bond donors (Lipinski definition) is 1. The lowest BCUT2D eigenvalue weighted by molar-refractivity contribution is -0.134. The third-order valence-electron chi connectivity index (χ3n) is 5.05. The quantitative estimate of drug-likeness (QED) is 0.745. The van der Waals surface area contributed by atoms with E-state index in [1.807, 2.05) is 4.90 Å². The van der Waals surface area contributed by atoms with Gasteiger partial charge >= 0.3 is 0 Å². The average Bonchev–Trinajstić information content (AvgIpc) is 3.22. The van der Waals surface area contributed by atoms with Crippen molar-refractivity contribution in [2.24, 2.45) is 0 Å². The van der Waals surface area contributed by atoms with Gasteiger partial charge in [-0.3, -0.25) is 19.3 Å². The summed E-state index contributed by atoms with van der Waals surface area (Å²) in [5, 5.41) is 2.68. The molecule has 0 atom stereocenters. The number of carbonyl (C=O) groups excluding carboxylic acids is 3. The highest BCUT2D eigenvalue weighted by molar-refractivity contribution is 9.10. The van der Waals surface area contributed by atoms with E-state index in [0.717, 1.165) is 30.4 Å². The van der Waals surface area contributed by atoms with Crippen LogP contribution in [0.3, 0.4) is 0 Å². The maximum atomic E-state index is 12.3. The van der Waals surface area contributed by atoms with Gasteiger partial charge in [0.2, 0.25) is 11.8 Å². The molecule has 7 nitrogen and oxygen atoms in total. The number of nitrogens with zero attached hydrogens (tertiary/aromatic N) is 3. The van der Waals surface area contributed by atoms with Crippen LogP contribution in [0, 0.1) is 0 Å². The molecule has 3 amide bonds. The molecular formula is C19H25BrN4O3. The molecule has 0 unspecified atom stereocenters. The number of halogens is 1. The molecule has 27 heavy (non-hydrogen) atoms. The minimum absolute atomic E-state index is 0.0123. The molecule has 146 valence electrons. The van der Waals surface area contributed by atoms with Gasteiger partial charge in [0.05, 0.1) is 13.1 Å². The summed E-state index contributed by atoms with van der Waals surface area (Å²) >= 11 is 3.33. The Morgan fingerprint density at radius 2 is 1.44 bits per heavy atom. The second-order valence-electron chi connectivity index (χ2n) is 6.93. The van der Waals surface area contributed by atoms with E-state index in [0.29, 0.717) is 38.3 Å². The van der Waals surface area contributed by atoms with Crippen molar-refractivity contribution in [3.05, 3.63) is 34.3 Å². The number of rotatable bonds is 5. The van der Waals surface area contributed by atoms with Crippen LogP contribution in [-0.4, -0.2) is 84.8 Å². The van der Waals surface area contributed by atoms with Crippen LogP contribution in [0.1, 0.15) is 23.2 Å². The van der Waals surface area contributed by atoms with E-state index in [1.54, 1.807) is 29.2 Å². The molecule has 2 aliphatic rings. The molecule has 2 aliphatic heterocycles. The normalized spacial score (nSPS) is 17.8. The molecule has 0 aliphatic carbocycles. The smallest absolute Gasteiger partial charge is 0.251 e. The molecule has 0 saturated carbocycles. The van der Waals surface area contributed by atoms with Crippen molar-refractivity contribution in [2.75, 3.05) is 52.4 Å². The number of amides is 3. The van der Waals surface area contributed by atoms with Crippen molar-refractivity contribution in [3.8, 4) is 0 Å². The third-order valence-corrected chi connectivity index (χ3v) is 5.58. The van der Waals surface area contributed by atoms with Crippen molar-refractivity contribution < 1.29 is 14.4 Å². The van der Waals surface area contributed by atoms with Gasteiger partial charge in [0.15, 0.2) is 0 Å². The van der Waals surface area contributed by atoms with Crippen LogP contribution in [0.5, 0.6) is 0 Å². The lowest BCUT2D eigenvalue weighted by Gasteiger charge is -2.35. The maximum Gasteiger partial charge on any atom is 0.251 e. The van der Waals surface area contributed by atoms with Gasteiger partial charge in [-0.15, -0.1) is 0 Å². The number of benzene rings is 1. The number of likely N-dealkylation sites (tertiary alicyclic amines) is 1. The van der Waals surface area contributed by atoms with Gasteiger partial charge in [-0.1, -0.05) is 15.9 Å². The molecule has 1 N–H and O–H groups in total. The standard InChI is InChI=1S/C19H25BrN4O3/c20-16-5-3-15(4-6-16)19(27)21-13-17(25)24-11-9-22(10-12-24)14-18(26)23-7-1-2-8-23/h3-6H,1-2,7-14H2,(H,21,27). The zero-order valence-electron chi connectivity index (χ0n) is 15.3. The first-order valence-corrected chi connectivity index (χ1v) is 10.1. The first kappa shape index (κ1) is 19.8. The number of nitrogens with one attached hydrogen (secondary N) is 1. The Balaban J connectivity index is 1.38. The minimum atomic E-state index is -0.259. The van der Waals surface area contributed by atoms with Crippen molar-refractivity contribution in [3.63, 3.8) is 0 Å². The summed E-state index contributed by atoms with van der Waals surface area (Å²) < 4.78 is 0.899. The highest BCUT2D eigenvalue weighted by atomic mass is 79.9. The van der Waals surface area contributed by atoms with Gasteiger partial charge in [0, 0.05) is 49.3 Å². The van der Waals surface area contributed by atoms with Crippen LogP contribution >= 0.6 is 15.9 Å². The lowest BCUT2D eigenvalue weighted by Crippen LogP contribution is -2.53. The number of hydrogen-bond acceptors (Lipinski definition) is 4. The van der Waals surface area contributed by atoms with Crippen LogP contribution in [0.15, 0.2) is 28.7 Å². The Hall–Kier alpha value is -1.93. The van der Waals surface area contributed by atoms with Crippen LogP contribution < -0.4 is 5.32 Å². The zero-order chi connectivity index (χ0) is 19.2. The van der Waals surface area contributed by atoms with Crippen molar-refractivity contribution in [2.45, 2.75) is 12.8 Å². The number of carbonyl (C=O) groups is 3. The molecule has 0 radical (unpaired) electrons. The van der Waals surface area contributed by atoms with Crippen molar-refractivity contribution >= 4 is 33.7 Å². The Morgan fingerprint density at radius 1 is 0.852 bits per heavy atom. The topological polar surface area (TPSA) is 73.0 Å². The molecule has 2 saturated heterocycles. The van der Waals surface area contributed by atoms with Crippen LogP contribution in [0.2, 0.25) is 0 Å². The summed E-state index contributed by atoms with van der Waals surface area (Å²) in [6.45, 7) is 4.70. The maximum absolute atomic E-state index is 12.3. The lowest BCUT2D eigenvalue weighted by atomic mass is 10.2. The molecule has 0 bridgehead atoms. The zero-order valence-corrected chi connectivity index (χ0v) is 16.9. The van der Waals surface area contributed by atoms with Gasteiger partial charge in [-0.25, -0.2) is 0 Å². The highest BCUT2D eigenvalue weighted by Crippen LogP contribution is 2.11. The van der Waals surface area contributed by atoms with E-state index in [-0.39, 0.29) is 24.3 Å². The second kappa shape index (κ2) is 9.32. The SMILES string of the molecule is O=C(NCC(=O)N1CCN(CC(=O)N2CCCC2)CC1)c1ccc(Br)cc1. The van der Waals surface area contributed by atoms with E-state index in [9.17, 15) is 14.4 Å². The first-order chi connectivity index (χ1) is 13.0. The summed E-state index contributed by atoms with van der Waals surface area (Å²) in [6.07, 6.45) is 2.19. The van der Waals surface area contributed by atoms with Gasteiger partial charge in [0.1, 0.15) is 0 Å². The Morgan fingerprint density at radius 3 is 2.07 bits per heavy atom. The summed E-state index contributed by atoms with van der Waals surface area (Å²) in [7, 11) is 0. The van der Waals surface area contributed by atoms with Crippen molar-refractivity contribution in [1.82, 2.24) is 20.0 Å². The molecule has 0 spiro atoms. The molecule has 0 aromatic heterocycles. The summed E-state index contributed by atoms with van der Waals surface area (Å²) in [5.41, 5.74) is 0.524. The first-order valence-electron chi connectivity index (χ1n) is 9.34. The summed E-state index contributed by atoms with van der Waals surface area (Å²) in [6, 6.07) is 7.00. The van der Waals surface area contributed by atoms with E-state index in [1.165, 1.54) is 0 Å². The van der Waals surface area contributed by atoms with Crippen LogP contribution in [-0.2, 0) is 9.59 Å². The van der Waals surface area contributed by atoms with Gasteiger partial charge in [0.25, 0.3) is 5.91 Å². The second-order valence-corrected chi connectivity index (χ2v) is 7.85.